The van der Waals surface area contributed by atoms with Gasteiger partial charge in [0, 0.05) is 18.9 Å². The molecule has 0 unspecified atom stereocenters. The highest BCUT2D eigenvalue weighted by molar-refractivity contribution is 7.20. The molecule has 2 aromatic carbocycles. The number of nitrogens with one attached hydrogen (secondary N) is 2. The monoisotopic (exact) mass is 492 g/mol. The molecule has 2 amide bonds. The summed E-state index contributed by atoms with van der Waals surface area (Å²) < 4.78 is 15.8. The fourth-order valence-corrected chi connectivity index (χ4v) is 4.66. The Hall–Kier alpha value is -4.02. The zero-order valence-corrected chi connectivity index (χ0v) is 20.5. The first-order valence-corrected chi connectivity index (χ1v) is 11.5. The van der Waals surface area contributed by atoms with Gasteiger partial charge in [-0.25, -0.2) is 4.98 Å². The van der Waals surface area contributed by atoms with Crippen LogP contribution in [0.4, 0.5) is 11.4 Å². The van der Waals surface area contributed by atoms with E-state index in [2.05, 4.69) is 20.6 Å². The van der Waals surface area contributed by atoms with Gasteiger partial charge in [0.1, 0.15) is 17.2 Å². The smallest absolute Gasteiger partial charge is 0.266 e. The summed E-state index contributed by atoms with van der Waals surface area (Å²) in [6, 6.07) is 13.9. The number of amides is 2. The number of aromatic nitrogens is 2. The van der Waals surface area contributed by atoms with Gasteiger partial charge in [0.25, 0.3) is 11.8 Å². The molecule has 4 aromatic rings. The number of anilines is 2. The first kappa shape index (κ1) is 24.1. The number of rotatable bonds is 8. The fourth-order valence-electron chi connectivity index (χ4n) is 3.57. The van der Waals surface area contributed by atoms with Crippen LogP contribution in [0.5, 0.6) is 11.6 Å². The highest BCUT2D eigenvalue weighted by Gasteiger charge is 2.22. The molecule has 180 valence electrons. The summed E-state index contributed by atoms with van der Waals surface area (Å²) in [6.07, 6.45) is 0. The molecule has 0 fully saturated rings. The molecule has 0 spiro atoms. The van der Waals surface area contributed by atoms with Crippen LogP contribution in [0.25, 0.3) is 10.2 Å². The van der Waals surface area contributed by atoms with E-state index in [-0.39, 0.29) is 18.4 Å². The Kier molecular flexibility index (Phi) is 7.23. The minimum atomic E-state index is -0.362. The second-order valence-corrected chi connectivity index (χ2v) is 8.50. The number of methoxy groups -OCH3 is 3. The van der Waals surface area contributed by atoms with Crippen molar-refractivity contribution in [2.24, 2.45) is 0 Å². The molecule has 0 aliphatic carbocycles. The van der Waals surface area contributed by atoms with Crippen molar-refractivity contribution in [2.75, 3.05) is 32.0 Å². The van der Waals surface area contributed by atoms with E-state index in [0.29, 0.717) is 55.0 Å². The largest absolute Gasteiger partial charge is 0.497 e. The van der Waals surface area contributed by atoms with Gasteiger partial charge in [0.2, 0.25) is 5.88 Å². The summed E-state index contributed by atoms with van der Waals surface area (Å²) in [5.74, 6) is 0.746. The third-order valence-electron chi connectivity index (χ3n) is 5.22. The molecule has 0 atom stereocenters. The van der Waals surface area contributed by atoms with Crippen LogP contribution in [0.2, 0.25) is 0 Å². The lowest BCUT2D eigenvalue weighted by molar-refractivity contribution is 0.102. The van der Waals surface area contributed by atoms with Crippen LogP contribution in [0.1, 0.15) is 31.4 Å². The molecule has 0 bridgehead atoms. The number of ether oxygens (including phenoxy) is 3. The molecule has 2 N–H and O–H groups in total. The van der Waals surface area contributed by atoms with Crippen molar-refractivity contribution >= 4 is 44.7 Å². The van der Waals surface area contributed by atoms with Crippen LogP contribution >= 0.6 is 11.3 Å². The summed E-state index contributed by atoms with van der Waals surface area (Å²) in [4.78, 5) is 36.2. The maximum Gasteiger partial charge on any atom is 0.266 e. The lowest BCUT2D eigenvalue weighted by atomic mass is 10.1. The van der Waals surface area contributed by atoms with Crippen molar-refractivity contribution in [3.8, 4) is 11.6 Å². The number of para-hydroxylation sites is 1. The van der Waals surface area contributed by atoms with Crippen molar-refractivity contribution < 1.29 is 23.8 Å². The number of fused-ring (bicyclic) bond motifs is 1. The summed E-state index contributed by atoms with van der Waals surface area (Å²) in [6.45, 7) is 2.04. The van der Waals surface area contributed by atoms with Gasteiger partial charge >= 0.3 is 0 Å². The number of carbonyl (C=O) groups is 2. The quantitative estimate of drug-likeness (QED) is 0.368. The predicted octanol–water partition coefficient (Wildman–Crippen LogP) is 4.67. The third-order valence-corrected chi connectivity index (χ3v) is 6.41. The van der Waals surface area contributed by atoms with Crippen LogP contribution in [0.15, 0.2) is 48.5 Å². The zero-order chi connectivity index (χ0) is 24.9. The van der Waals surface area contributed by atoms with Crippen molar-refractivity contribution in [3.05, 3.63) is 70.4 Å². The molecule has 4 rings (SSSR count). The van der Waals surface area contributed by atoms with Crippen LogP contribution in [-0.4, -0.2) is 43.1 Å². The van der Waals surface area contributed by atoms with E-state index < -0.39 is 0 Å². The average Bonchev–Trinajstić information content (AvgIpc) is 3.20. The van der Waals surface area contributed by atoms with E-state index in [1.54, 1.807) is 62.8 Å². The SMILES string of the molecule is COCc1nc(OC)c2c(C)c(C(=O)Nc3ccccc3C(=O)Nc3cccc(OC)c3)sc2n1. The Labute approximate surface area is 206 Å². The molecule has 0 saturated carbocycles. The Morgan fingerprint density at radius 1 is 0.943 bits per heavy atom. The van der Waals surface area contributed by atoms with Gasteiger partial charge in [-0.05, 0) is 36.8 Å². The Morgan fingerprint density at radius 2 is 1.74 bits per heavy atom. The molecule has 0 aliphatic rings. The molecule has 2 aromatic heterocycles. The zero-order valence-electron chi connectivity index (χ0n) is 19.7. The minimum absolute atomic E-state index is 0.223. The van der Waals surface area contributed by atoms with Crippen molar-refractivity contribution in [1.29, 1.82) is 0 Å². The van der Waals surface area contributed by atoms with E-state index in [1.807, 2.05) is 6.92 Å². The molecular weight excluding hydrogens is 468 g/mol. The normalized spacial score (nSPS) is 10.7. The average molecular weight is 493 g/mol. The molecule has 0 aliphatic heterocycles. The third kappa shape index (κ3) is 5.08. The van der Waals surface area contributed by atoms with Gasteiger partial charge in [-0.15, -0.1) is 11.3 Å². The molecule has 10 heteroatoms. The first-order chi connectivity index (χ1) is 16.9. The second-order valence-electron chi connectivity index (χ2n) is 7.50. The Bertz CT molecular complexity index is 1400. The second kappa shape index (κ2) is 10.5. The van der Waals surface area contributed by atoms with Crippen molar-refractivity contribution in [2.45, 2.75) is 13.5 Å². The molecule has 2 heterocycles. The topological polar surface area (TPSA) is 112 Å². The fraction of sp³-hybridized carbons (Fsp3) is 0.200. The number of benzene rings is 2. The number of hydrogen-bond acceptors (Lipinski definition) is 8. The first-order valence-electron chi connectivity index (χ1n) is 10.6. The molecule has 0 saturated heterocycles. The van der Waals surface area contributed by atoms with E-state index in [1.165, 1.54) is 18.4 Å². The Morgan fingerprint density at radius 3 is 2.49 bits per heavy atom. The summed E-state index contributed by atoms with van der Waals surface area (Å²) in [5, 5.41) is 6.38. The van der Waals surface area contributed by atoms with Gasteiger partial charge in [0.15, 0.2) is 5.82 Å². The van der Waals surface area contributed by atoms with E-state index >= 15 is 0 Å². The number of hydrogen-bond donors (Lipinski definition) is 2. The van der Waals surface area contributed by atoms with Crippen LogP contribution in [-0.2, 0) is 11.3 Å². The number of thiophene rings is 1. The van der Waals surface area contributed by atoms with E-state index in [0.717, 1.165) is 0 Å². The van der Waals surface area contributed by atoms with Gasteiger partial charge in [-0.1, -0.05) is 18.2 Å². The highest BCUT2D eigenvalue weighted by atomic mass is 32.1. The summed E-state index contributed by atoms with van der Waals surface area (Å²) in [7, 11) is 4.63. The lowest BCUT2D eigenvalue weighted by Crippen LogP contribution is -2.18. The van der Waals surface area contributed by atoms with E-state index in [4.69, 9.17) is 14.2 Å². The predicted molar refractivity (Wildman–Crippen MR) is 135 cm³/mol. The highest BCUT2D eigenvalue weighted by Crippen LogP contribution is 2.35. The van der Waals surface area contributed by atoms with Crippen LogP contribution < -0.4 is 20.1 Å². The van der Waals surface area contributed by atoms with Crippen LogP contribution in [0.3, 0.4) is 0 Å². The number of aryl methyl sites for hydroxylation is 1. The standard InChI is InChI=1S/C25H24N4O5S/c1-14-20-24(34-4)28-19(13-32-2)29-25(20)35-21(14)23(31)27-18-11-6-5-10-17(18)22(30)26-15-8-7-9-16(12-15)33-3/h5-12H,13H2,1-4H3,(H,26,30)(H,27,31). The van der Waals surface area contributed by atoms with E-state index in [9.17, 15) is 9.59 Å². The summed E-state index contributed by atoms with van der Waals surface area (Å²) in [5.41, 5.74) is 1.98. The minimum Gasteiger partial charge on any atom is -0.497 e. The molecule has 0 radical (unpaired) electrons. The Balaban J connectivity index is 1.62. The van der Waals surface area contributed by atoms with Crippen molar-refractivity contribution in [1.82, 2.24) is 9.97 Å². The number of carbonyl (C=O) groups excluding carboxylic acids is 2. The maximum absolute atomic E-state index is 13.3. The summed E-state index contributed by atoms with van der Waals surface area (Å²) >= 11 is 1.23. The van der Waals surface area contributed by atoms with Gasteiger partial charge in [0.05, 0.1) is 35.7 Å². The van der Waals surface area contributed by atoms with Crippen LogP contribution in [0, 0.1) is 6.92 Å². The van der Waals surface area contributed by atoms with Gasteiger partial charge < -0.3 is 24.8 Å². The van der Waals surface area contributed by atoms with Gasteiger partial charge in [-0.3, -0.25) is 9.59 Å². The molecule has 9 nitrogen and oxygen atoms in total. The molecular formula is C25H24N4O5S. The number of nitrogens with zero attached hydrogens (tertiary/aromatic N) is 2. The van der Waals surface area contributed by atoms with Crippen molar-refractivity contribution in [3.63, 3.8) is 0 Å². The van der Waals surface area contributed by atoms with Gasteiger partial charge in [-0.2, -0.15) is 4.98 Å². The molecule has 35 heavy (non-hydrogen) atoms. The lowest BCUT2D eigenvalue weighted by Gasteiger charge is -2.12. The maximum atomic E-state index is 13.3.